The Hall–Kier alpha value is -2.63. The van der Waals surface area contributed by atoms with Gasteiger partial charge in [-0.2, -0.15) is 0 Å². The summed E-state index contributed by atoms with van der Waals surface area (Å²) in [5.41, 5.74) is 7.55. The first kappa shape index (κ1) is 11.5. The van der Waals surface area contributed by atoms with Gasteiger partial charge in [-0.25, -0.2) is 9.02 Å². The van der Waals surface area contributed by atoms with Crippen LogP contribution in [-0.2, 0) is 0 Å². The van der Waals surface area contributed by atoms with Gasteiger partial charge < -0.3 is 10.5 Å². The van der Waals surface area contributed by atoms with Gasteiger partial charge in [-0.15, -0.1) is 0 Å². The monoisotopic (exact) mass is 259 g/mol. The van der Waals surface area contributed by atoms with E-state index in [1.807, 2.05) is 0 Å². The zero-order chi connectivity index (χ0) is 13.4. The number of nitrogens with two attached hydrogens (primary N) is 1. The fraction of sp³-hybridized carbons (Fsp3) is 0.0769. The van der Waals surface area contributed by atoms with E-state index < -0.39 is 0 Å². The molecule has 0 amide bonds. The number of anilines is 1. The number of aryl methyl sites for hydroxylation is 1. The van der Waals surface area contributed by atoms with Gasteiger partial charge >= 0.3 is 0 Å². The van der Waals surface area contributed by atoms with Crippen LogP contribution in [0.25, 0.3) is 11.0 Å². The Kier molecular flexibility index (Phi) is 2.56. The van der Waals surface area contributed by atoms with Gasteiger partial charge in [0.05, 0.1) is 5.69 Å². The van der Waals surface area contributed by atoms with Crippen molar-refractivity contribution in [1.29, 1.82) is 0 Å². The van der Waals surface area contributed by atoms with Gasteiger partial charge in [0.25, 0.3) is 0 Å². The van der Waals surface area contributed by atoms with E-state index in [-0.39, 0.29) is 5.82 Å². The van der Waals surface area contributed by atoms with Crippen molar-refractivity contribution in [2.75, 3.05) is 5.73 Å². The van der Waals surface area contributed by atoms with Gasteiger partial charge in [0, 0.05) is 6.07 Å². The molecule has 3 rings (SSSR count). The van der Waals surface area contributed by atoms with E-state index in [0.29, 0.717) is 33.8 Å². The molecule has 0 aliphatic rings. The second-order valence-electron chi connectivity index (χ2n) is 4.13. The second kappa shape index (κ2) is 4.24. The molecule has 5 nitrogen and oxygen atoms in total. The van der Waals surface area contributed by atoms with Crippen LogP contribution in [0, 0.1) is 12.7 Å². The Morgan fingerprint density at radius 1 is 1.16 bits per heavy atom. The lowest BCUT2D eigenvalue weighted by Gasteiger charge is -2.07. The number of hydrogen-bond acceptors (Lipinski definition) is 5. The summed E-state index contributed by atoms with van der Waals surface area (Å²) >= 11 is 0. The number of aromatic nitrogens is 2. The standard InChI is InChI=1S/C13H10FN3O2/c1-7-2-3-8(6-9(7)14)18-11-5-4-10(15)12-13(11)17-19-16-12/h2-6H,15H2,1H3. The lowest BCUT2D eigenvalue weighted by Crippen LogP contribution is -1.91. The van der Waals surface area contributed by atoms with Gasteiger partial charge in [0.1, 0.15) is 11.6 Å². The lowest BCUT2D eigenvalue weighted by atomic mass is 10.2. The molecule has 6 heteroatoms. The van der Waals surface area contributed by atoms with Crippen LogP contribution in [0.3, 0.4) is 0 Å². The first-order valence-electron chi connectivity index (χ1n) is 5.60. The summed E-state index contributed by atoms with van der Waals surface area (Å²) in [4.78, 5) is 0. The molecule has 2 N–H and O–H groups in total. The molecule has 0 spiro atoms. The average Bonchev–Trinajstić information content (AvgIpc) is 2.87. The molecule has 0 radical (unpaired) electrons. The molecule has 0 aliphatic heterocycles. The van der Waals surface area contributed by atoms with Crippen LogP contribution in [-0.4, -0.2) is 10.3 Å². The minimum atomic E-state index is -0.331. The first-order valence-corrected chi connectivity index (χ1v) is 5.60. The molecule has 0 aliphatic carbocycles. The summed E-state index contributed by atoms with van der Waals surface area (Å²) in [5.74, 6) is 0.452. The van der Waals surface area contributed by atoms with E-state index in [4.69, 9.17) is 10.5 Å². The summed E-state index contributed by atoms with van der Waals surface area (Å²) in [7, 11) is 0. The molecule has 96 valence electrons. The number of hydrogen-bond donors (Lipinski definition) is 1. The largest absolute Gasteiger partial charge is 0.455 e. The third-order valence-corrected chi connectivity index (χ3v) is 2.78. The van der Waals surface area contributed by atoms with E-state index in [1.165, 1.54) is 6.07 Å². The van der Waals surface area contributed by atoms with Crippen molar-refractivity contribution in [3.63, 3.8) is 0 Å². The smallest absolute Gasteiger partial charge is 0.179 e. The summed E-state index contributed by atoms with van der Waals surface area (Å²) in [6, 6.07) is 7.89. The molecular weight excluding hydrogens is 249 g/mol. The van der Waals surface area contributed by atoms with Gasteiger partial charge in [0.15, 0.2) is 16.8 Å². The summed E-state index contributed by atoms with van der Waals surface area (Å²) in [6.07, 6.45) is 0. The Balaban J connectivity index is 2.03. The summed E-state index contributed by atoms with van der Waals surface area (Å²) in [6.45, 7) is 1.68. The van der Waals surface area contributed by atoms with Crippen molar-refractivity contribution >= 4 is 16.7 Å². The maximum Gasteiger partial charge on any atom is 0.179 e. The highest BCUT2D eigenvalue weighted by molar-refractivity contribution is 5.90. The zero-order valence-corrected chi connectivity index (χ0v) is 10.1. The van der Waals surface area contributed by atoms with E-state index in [9.17, 15) is 4.39 Å². The maximum absolute atomic E-state index is 13.5. The van der Waals surface area contributed by atoms with Crippen molar-refractivity contribution in [2.45, 2.75) is 6.92 Å². The van der Waals surface area contributed by atoms with E-state index in [2.05, 4.69) is 14.9 Å². The third-order valence-electron chi connectivity index (χ3n) is 2.78. The highest BCUT2D eigenvalue weighted by Gasteiger charge is 2.12. The number of ether oxygens (including phenoxy) is 1. The van der Waals surface area contributed by atoms with Crippen LogP contribution < -0.4 is 10.5 Å². The first-order chi connectivity index (χ1) is 9.15. The third kappa shape index (κ3) is 1.97. The highest BCUT2D eigenvalue weighted by Crippen LogP contribution is 2.31. The quantitative estimate of drug-likeness (QED) is 0.716. The highest BCUT2D eigenvalue weighted by atomic mass is 19.1. The van der Waals surface area contributed by atoms with Crippen molar-refractivity contribution < 1.29 is 13.8 Å². The Morgan fingerprint density at radius 3 is 2.74 bits per heavy atom. The maximum atomic E-state index is 13.5. The Morgan fingerprint density at radius 2 is 1.95 bits per heavy atom. The van der Waals surface area contributed by atoms with Crippen LogP contribution >= 0.6 is 0 Å². The number of benzene rings is 2. The number of fused-ring (bicyclic) bond motifs is 1. The van der Waals surface area contributed by atoms with Crippen molar-refractivity contribution in [3.8, 4) is 11.5 Å². The van der Waals surface area contributed by atoms with Gasteiger partial charge in [-0.3, -0.25) is 0 Å². The molecule has 19 heavy (non-hydrogen) atoms. The fourth-order valence-electron chi connectivity index (χ4n) is 1.71. The second-order valence-corrected chi connectivity index (χ2v) is 4.13. The fourth-order valence-corrected chi connectivity index (χ4v) is 1.71. The number of halogens is 1. The van der Waals surface area contributed by atoms with E-state index in [1.54, 1.807) is 31.2 Å². The van der Waals surface area contributed by atoms with E-state index >= 15 is 0 Å². The summed E-state index contributed by atoms with van der Waals surface area (Å²) < 4.78 is 23.7. The van der Waals surface area contributed by atoms with Crippen LogP contribution in [0.15, 0.2) is 35.0 Å². The Labute approximate surface area is 107 Å². The SMILES string of the molecule is Cc1ccc(Oc2ccc(N)c3nonc23)cc1F. The molecule has 0 fully saturated rings. The zero-order valence-electron chi connectivity index (χ0n) is 10.1. The predicted octanol–water partition coefficient (Wildman–Crippen LogP) is 3.04. The average molecular weight is 259 g/mol. The number of rotatable bonds is 2. The van der Waals surface area contributed by atoms with Crippen molar-refractivity contribution in [3.05, 3.63) is 41.7 Å². The Bertz CT molecular complexity index is 755. The molecular formula is C13H10FN3O2. The van der Waals surface area contributed by atoms with Crippen LogP contribution in [0.4, 0.5) is 10.1 Å². The van der Waals surface area contributed by atoms with Crippen molar-refractivity contribution in [2.24, 2.45) is 0 Å². The summed E-state index contributed by atoms with van der Waals surface area (Å²) in [5, 5.41) is 7.42. The van der Waals surface area contributed by atoms with Gasteiger partial charge in [-0.1, -0.05) is 6.07 Å². The minimum absolute atomic E-state index is 0.331. The van der Waals surface area contributed by atoms with Crippen LogP contribution in [0.5, 0.6) is 11.5 Å². The molecule has 0 saturated carbocycles. The topological polar surface area (TPSA) is 74.2 Å². The normalized spacial score (nSPS) is 10.8. The molecule has 1 heterocycles. The number of nitrogen functional groups attached to an aromatic ring is 1. The van der Waals surface area contributed by atoms with E-state index in [0.717, 1.165) is 0 Å². The molecule has 2 aromatic carbocycles. The van der Waals surface area contributed by atoms with Crippen molar-refractivity contribution in [1.82, 2.24) is 10.3 Å². The molecule has 0 unspecified atom stereocenters. The van der Waals surface area contributed by atoms with Crippen LogP contribution in [0.2, 0.25) is 0 Å². The molecule has 1 aromatic heterocycles. The lowest BCUT2D eigenvalue weighted by molar-refractivity contribution is 0.314. The van der Waals surface area contributed by atoms with Crippen LogP contribution in [0.1, 0.15) is 5.56 Å². The van der Waals surface area contributed by atoms with Gasteiger partial charge in [0.2, 0.25) is 0 Å². The molecule has 0 atom stereocenters. The molecule has 3 aromatic rings. The minimum Gasteiger partial charge on any atom is -0.455 e. The molecule has 0 saturated heterocycles. The van der Waals surface area contributed by atoms with Gasteiger partial charge in [-0.05, 0) is 41.0 Å². The predicted molar refractivity (Wildman–Crippen MR) is 67.4 cm³/mol. The number of nitrogens with zero attached hydrogens (tertiary/aromatic N) is 2. The molecule has 0 bridgehead atoms.